The maximum Gasteiger partial charge on any atom is 0.182 e. The topological polar surface area (TPSA) is 56.5 Å². The Labute approximate surface area is 291 Å². The normalized spacial score (nSPS) is 11.6. The van der Waals surface area contributed by atoms with E-state index in [4.69, 9.17) is 15.0 Å². The van der Waals surface area contributed by atoms with E-state index in [0.717, 1.165) is 32.6 Å². The Balaban J connectivity index is 1.23. The molecule has 234 valence electrons. The van der Waals surface area contributed by atoms with Crippen molar-refractivity contribution < 1.29 is 0 Å². The predicted molar refractivity (Wildman–Crippen MR) is 207 cm³/mol. The number of hydrogen-bond donors (Lipinski definition) is 0. The van der Waals surface area contributed by atoms with Crippen molar-refractivity contribution in [3.05, 3.63) is 164 Å². The highest BCUT2D eigenvalue weighted by molar-refractivity contribution is 7.27. The van der Waals surface area contributed by atoms with Crippen LogP contribution in [0.15, 0.2) is 164 Å². The molecule has 6 heteroatoms. The summed E-state index contributed by atoms with van der Waals surface area (Å²) in [4.78, 5) is 19.9. The number of para-hydroxylation sites is 2. The maximum atomic E-state index is 5.17. The minimum atomic E-state index is 0.542. The van der Waals surface area contributed by atoms with E-state index in [1.807, 2.05) is 24.3 Å². The molecule has 0 radical (unpaired) electrons. The first-order chi connectivity index (χ1) is 24.8. The fourth-order valence-electron chi connectivity index (χ4n) is 7.03. The monoisotopic (exact) mass is 657 g/mol. The van der Waals surface area contributed by atoms with Gasteiger partial charge in [-0.15, -0.1) is 11.3 Å². The molecular weight excluding hydrogens is 631 g/mol. The highest BCUT2D eigenvalue weighted by Gasteiger charge is 2.21. The third-order valence-corrected chi connectivity index (χ3v) is 10.6. The SMILES string of the molecule is c1ccc(-c2cccc(-c3nc(-c4ccccn4)nc(-c4cccc5c4sc4c5ccc5c6ccccc6n(-c6ccccc6)c54)n3)c2)cc1. The second kappa shape index (κ2) is 11.6. The molecule has 10 rings (SSSR count). The lowest BCUT2D eigenvalue weighted by atomic mass is 10.0. The molecule has 5 nitrogen and oxygen atoms in total. The first-order valence-electron chi connectivity index (χ1n) is 16.6. The van der Waals surface area contributed by atoms with Gasteiger partial charge in [0.15, 0.2) is 17.5 Å². The second-order valence-corrected chi connectivity index (χ2v) is 13.3. The molecule has 0 saturated carbocycles. The van der Waals surface area contributed by atoms with Gasteiger partial charge in [-0.1, -0.05) is 115 Å². The van der Waals surface area contributed by atoms with Crippen LogP contribution in [0.4, 0.5) is 0 Å². The van der Waals surface area contributed by atoms with Crippen LogP contribution in [0.3, 0.4) is 0 Å². The van der Waals surface area contributed by atoms with Crippen LogP contribution in [0.1, 0.15) is 0 Å². The van der Waals surface area contributed by atoms with Gasteiger partial charge in [0.2, 0.25) is 0 Å². The molecule has 0 aliphatic carbocycles. The highest BCUT2D eigenvalue weighted by Crippen LogP contribution is 2.45. The van der Waals surface area contributed by atoms with Crippen LogP contribution in [0, 0.1) is 0 Å². The highest BCUT2D eigenvalue weighted by atomic mass is 32.1. The van der Waals surface area contributed by atoms with Gasteiger partial charge >= 0.3 is 0 Å². The Morgan fingerprint density at radius 2 is 1.10 bits per heavy atom. The van der Waals surface area contributed by atoms with Crippen LogP contribution in [0.25, 0.3) is 93.1 Å². The number of thiophene rings is 1. The number of nitrogens with zero attached hydrogens (tertiary/aromatic N) is 5. The van der Waals surface area contributed by atoms with Gasteiger partial charge in [-0.05, 0) is 53.6 Å². The molecule has 0 aliphatic rings. The van der Waals surface area contributed by atoms with E-state index < -0.39 is 0 Å². The molecule has 10 aromatic rings. The average molecular weight is 658 g/mol. The van der Waals surface area contributed by atoms with E-state index in [2.05, 4.69) is 143 Å². The number of hydrogen-bond acceptors (Lipinski definition) is 5. The van der Waals surface area contributed by atoms with Crippen LogP contribution in [-0.4, -0.2) is 24.5 Å². The molecule has 6 aromatic carbocycles. The summed E-state index contributed by atoms with van der Waals surface area (Å²) in [6.07, 6.45) is 1.78. The van der Waals surface area contributed by atoms with Gasteiger partial charge in [0.05, 0.1) is 15.7 Å². The smallest absolute Gasteiger partial charge is 0.182 e. The third-order valence-electron chi connectivity index (χ3n) is 9.31. The van der Waals surface area contributed by atoms with Crippen molar-refractivity contribution in [1.82, 2.24) is 24.5 Å². The molecule has 0 amide bonds. The predicted octanol–water partition coefficient (Wildman–Crippen LogP) is 11.4. The summed E-state index contributed by atoms with van der Waals surface area (Å²) in [7, 11) is 0. The Kier molecular flexibility index (Phi) is 6.60. The molecule has 0 aliphatic heterocycles. The summed E-state index contributed by atoms with van der Waals surface area (Å²) in [5.41, 5.74) is 8.39. The summed E-state index contributed by atoms with van der Waals surface area (Å²) in [6, 6.07) is 54.9. The minimum absolute atomic E-state index is 0.542. The Hall–Kier alpha value is -6.50. The zero-order valence-corrected chi connectivity index (χ0v) is 27.5. The van der Waals surface area contributed by atoms with Crippen LogP contribution >= 0.6 is 11.3 Å². The number of benzene rings is 6. The summed E-state index contributed by atoms with van der Waals surface area (Å²) in [6.45, 7) is 0. The number of fused-ring (bicyclic) bond motifs is 7. The van der Waals surface area contributed by atoms with Crippen molar-refractivity contribution in [3.8, 4) is 51.1 Å². The zero-order valence-electron chi connectivity index (χ0n) is 26.7. The van der Waals surface area contributed by atoms with E-state index in [0.29, 0.717) is 23.2 Å². The molecule has 0 saturated heterocycles. The van der Waals surface area contributed by atoms with Crippen LogP contribution in [-0.2, 0) is 0 Å². The van der Waals surface area contributed by atoms with E-state index in [1.165, 1.54) is 37.3 Å². The number of aromatic nitrogens is 5. The van der Waals surface area contributed by atoms with E-state index in [9.17, 15) is 0 Å². The van der Waals surface area contributed by atoms with Crippen molar-refractivity contribution in [2.24, 2.45) is 0 Å². The van der Waals surface area contributed by atoms with Gasteiger partial charge in [0.25, 0.3) is 0 Å². The molecule has 4 aromatic heterocycles. The lowest BCUT2D eigenvalue weighted by Gasteiger charge is -2.10. The van der Waals surface area contributed by atoms with E-state index in [1.54, 1.807) is 17.5 Å². The van der Waals surface area contributed by atoms with Crippen LogP contribution in [0.5, 0.6) is 0 Å². The first-order valence-corrected chi connectivity index (χ1v) is 17.4. The standard InChI is InChI=1S/C44H27N5S/c1-3-13-28(14-4-1)29-15-11-16-30(27-29)42-46-43(48-44(47-42)37-22-9-10-26-45-37)36-21-12-20-34-35-25-24-33-32-19-7-8-23-38(32)49(31-17-5-2-6-18-31)39(33)41(35)50-40(34)36/h1-27H. The van der Waals surface area contributed by atoms with Gasteiger partial charge in [-0.2, -0.15) is 0 Å². The lowest BCUT2D eigenvalue weighted by molar-refractivity contribution is 1.06. The van der Waals surface area contributed by atoms with Gasteiger partial charge in [-0.3, -0.25) is 4.98 Å². The Morgan fingerprint density at radius 1 is 0.440 bits per heavy atom. The minimum Gasteiger partial charge on any atom is -0.308 e. The van der Waals surface area contributed by atoms with Crippen molar-refractivity contribution in [3.63, 3.8) is 0 Å². The molecule has 0 spiro atoms. The number of rotatable bonds is 5. The van der Waals surface area contributed by atoms with Gasteiger partial charge in [0.1, 0.15) is 5.69 Å². The average Bonchev–Trinajstić information content (AvgIpc) is 3.75. The van der Waals surface area contributed by atoms with Crippen LogP contribution < -0.4 is 0 Å². The van der Waals surface area contributed by atoms with Crippen molar-refractivity contribution >= 4 is 53.3 Å². The molecule has 4 heterocycles. The van der Waals surface area contributed by atoms with Crippen LogP contribution in [0.2, 0.25) is 0 Å². The molecule has 0 fully saturated rings. The molecule has 0 atom stereocenters. The fraction of sp³-hybridized carbons (Fsp3) is 0. The maximum absolute atomic E-state index is 5.17. The summed E-state index contributed by atoms with van der Waals surface area (Å²) >= 11 is 1.80. The number of pyridine rings is 1. The third kappa shape index (κ3) is 4.61. The van der Waals surface area contributed by atoms with Gasteiger partial charge in [0, 0.05) is 49.3 Å². The lowest BCUT2D eigenvalue weighted by Crippen LogP contribution is -2.01. The fourth-order valence-corrected chi connectivity index (χ4v) is 8.38. The quantitative estimate of drug-likeness (QED) is 0.185. The van der Waals surface area contributed by atoms with Crippen molar-refractivity contribution in [2.75, 3.05) is 0 Å². The zero-order chi connectivity index (χ0) is 33.0. The molecule has 0 bridgehead atoms. The summed E-state index contributed by atoms with van der Waals surface area (Å²) in [5.74, 6) is 1.77. The van der Waals surface area contributed by atoms with Gasteiger partial charge < -0.3 is 4.57 Å². The van der Waals surface area contributed by atoms with Crippen molar-refractivity contribution in [2.45, 2.75) is 0 Å². The molecule has 0 unspecified atom stereocenters. The molecule has 50 heavy (non-hydrogen) atoms. The molecular formula is C44H27N5S. The molecule has 0 N–H and O–H groups in total. The Morgan fingerprint density at radius 3 is 1.96 bits per heavy atom. The summed E-state index contributed by atoms with van der Waals surface area (Å²) in [5, 5.41) is 4.88. The first kappa shape index (κ1) is 28.5. The van der Waals surface area contributed by atoms with Crippen molar-refractivity contribution in [1.29, 1.82) is 0 Å². The summed E-state index contributed by atoms with van der Waals surface area (Å²) < 4.78 is 4.78. The second-order valence-electron chi connectivity index (χ2n) is 12.3. The Bertz CT molecular complexity index is 2860. The van der Waals surface area contributed by atoms with E-state index in [-0.39, 0.29) is 0 Å². The van der Waals surface area contributed by atoms with Gasteiger partial charge in [-0.25, -0.2) is 15.0 Å². The largest absolute Gasteiger partial charge is 0.308 e. The van der Waals surface area contributed by atoms with E-state index >= 15 is 0 Å².